The van der Waals surface area contributed by atoms with Crippen LogP contribution in [0, 0.1) is 0 Å². The fourth-order valence-corrected chi connectivity index (χ4v) is 2.88. The van der Waals surface area contributed by atoms with Crippen LogP contribution in [-0.4, -0.2) is 32.7 Å². The Balaban J connectivity index is 1.95. The lowest BCUT2D eigenvalue weighted by Gasteiger charge is -2.23. The number of nitrogens with one attached hydrogen (secondary N) is 1. The summed E-state index contributed by atoms with van der Waals surface area (Å²) in [6, 6.07) is 6.04. The van der Waals surface area contributed by atoms with Crippen LogP contribution >= 0.6 is 0 Å². The molecule has 0 spiro atoms. The summed E-state index contributed by atoms with van der Waals surface area (Å²) in [6.07, 6.45) is 6.08. The molecule has 19 heavy (non-hydrogen) atoms. The second-order valence-corrected chi connectivity index (χ2v) is 5.02. The molecule has 4 heterocycles. The predicted octanol–water partition coefficient (Wildman–Crippen LogP) is 1.74. The molecule has 0 aliphatic carbocycles. The normalized spacial score (nSPS) is 20.1. The number of pyridine rings is 1. The summed E-state index contributed by atoms with van der Waals surface area (Å²) in [5.41, 5.74) is 2.91. The van der Waals surface area contributed by atoms with E-state index in [1.807, 2.05) is 22.8 Å². The van der Waals surface area contributed by atoms with E-state index < -0.39 is 0 Å². The Labute approximate surface area is 110 Å². The average molecular weight is 253 g/mol. The van der Waals surface area contributed by atoms with E-state index in [9.17, 15) is 0 Å². The van der Waals surface area contributed by atoms with E-state index in [0.717, 1.165) is 29.8 Å². The highest BCUT2D eigenvalue weighted by Crippen LogP contribution is 2.25. The van der Waals surface area contributed by atoms with Gasteiger partial charge in [-0.1, -0.05) is 0 Å². The Hall–Kier alpha value is -2.01. The molecule has 96 valence electrons. The van der Waals surface area contributed by atoms with Crippen molar-refractivity contribution in [3.05, 3.63) is 36.3 Å². The summed E-state index contributed by atoms with van der Waals surface area (Å²) in [5, 5.41) is 9.08. The van der Waals surface area contributed by atoms with Gasteiger partial charge in [-0.2, -0.15) is 0 Å². The fraction of sp³-hybridized carbons (Fsp3) is 0.357. The Morgan fingerprint density at radius 2 is 2.21 bits per heavy atom. The SMILES string of the molecule is c1cnc2nn3c(C4CCCNC4)ccnc3c2c1. The van der Waals surface area contributed by atoms with Crippen molar-refractivity contribution in [2.45, 2.75) is 18.8 Å². The zero-order valence-corrected chi connectivity index (χ0v) is 10.6. The molecule has 5 heteroatoms. The van der Waals surface area contributed by atoms with E-state index in [1.54, 1.807) is 6.20 Å². The van der Waals surface area contributed by atoms with Gasteiger partial charge in [0.2, 0.25) is 0 Å². The van der Waals surface area contributed by atoms with Crippen LogP contribution in [0.25, 0.3) is 16.7 Å². The molecule has 1 unspecified atom stereocenters. The minimum atomic E-state index is 0.508. The van der Waals surface area contributed by atoms with Crippen molar-refractivity contribution < 1.29 is 0 Å². The predicted molar refractivity (Wildman–Crippen MR) is 73.1 cm³/mol. The van der Waals surface area contributed by atoms with Gasteiger partial charge < -0.3 is 5.32 Å². The number of hydrogen-bond acceptors (Lipinski definition) is 4. The van der Waals surface area contributed by atoms with Gasteiger partial charge in [-0.15, -0.1) is 5.10 Å². The minimum absolute atomic E-state index is 0.508. The van der Waals surface area contributed by atoms with E-state index in [0.29, 0.717) is 5.92 Å². The van der Waals surface area contributed by atoms with Gasteiger partial charge in [0.15, 0.2) is 11.3 Å². The molecular formula is C14H15N5. The van der Waals surface area contributed by atoms with Crippen LogP contribution < -0.4 is 5.32 Å². The molecule has 1 aliphatic heterocycles. The van der Waals surface area contributed by atoms with E-state index in [1.165, 1.54) is 18.5 Å². The van der Waals surface area contributed by atoms with E-state index in [-0.39, 0.29) is 0 Å². The molecule has 0 bridgehead atoms. The Kier molecular flexibility index (Phi) is 2.45. The molecule has 1 fully saturated rings. The molecule has 5 nitrogen and oxygen atoms in total. The van der Waals surface area contributed by atoms with Gasteiger partial charge in [0.1, 0.15) is 0 Å². The molecule has 1 atom stereocenters. The van der Waals surface area contributed by atoms with Crippen molar-refractivity contribution >= 4 is 16.7 Å². The zero-order valence-electron chi connectivity index (χ0n) is 10.6. The average Bonchev–Trinajstić information content (AvgIpc) is 2.87. The lowest BCUT2D eigenvalue weighted by Crippen LogP contribution is -2.29. The molecule has 1 N–H and O–H groups in total. The first-order chi connectivity index (χ1) is 9.43. The van der Waals surface area contributed by atoms with Crippen molar-refractivity contribution in [2.24, 2.45) is 0 Å². The van der Waals surface area contributed by atoms with E-state index in [4.69, 9.17) is 0 Å². The van der Waals surface area contributed by atoms with Crippen molar-refractivity contribution in [3.63, 3.8) is 0 Å². The van der Waals surface area contributed by atoms with Gasteiger partial charge in [0, 0.05) is 24.9 Å². The maximum atomic E-state index is 4.61. The van der Waals surface area contributed by atoms with Crippen molar-refractivity contribution in [1.82, 2.24) is 24.9 Å². The number of piperidine rings is 1. The van der Waals surface area contributed by atoms with Crippen molar-refractivity contribution in [3.8, 4) is 0 Å². The summed E-state index contributed by atoms with van der Waals surface area (Å²) in [6.45, 7) is 2.14. The summed E-state index contributed by atoms with van der Waals surface area (Å²) in [7, 11) is 0. The molecule has 1 aliphatic rings. The monoisotopic (exact) mass is 253 g/mol. The van der Waals surface area contributed by atoms with Crippen LogP contribution in [0.15, 0.2) is 30.6 Å². The summed E-state index contributed by atoms with van der Waals surface area (Å²) in [4.78, 5) is 8.78. The van der Waals surface area contributed by atoms with Gasteiger partial charge >= 0.3 is 0 Å². The zero-order chi connectivity index (χ0) is 12.7. The smallest absolute Gasteiger partial charge is 0.183 e. The molecule has 4 rings (SSSR count). The maximum absolute atomic E-state index is 4.61. The molecule has 0 aromatic carbocycles. The van der Waals surface area contributed by atoms with E-state index in [2.05, 4.69) is 26.4 Å². The van der Waals surface area contributed by atoms with Gasteiger partial charge in [0.05, 0.1) is 11.1 Å². The van der Waals surface area contributed by atoms with Crippen LogP contribution in [0.3, 0.4) is 0 Å². The van der Waals surface area contributed by atoms with Crippen LogP contribution in [0.4, 0.5) is 0 Å². The largest absolute Gasteiger partial charge is 0.316 e. The van der Waals surface area contributed by atoms with Gasteiger partial charge in [-0.25, -0.2) is 14.5 Å². The Bertz CT molecular complexity index is 727. The number of rotatable bonds is 1. The van der Waals surface area contributed by atoms with E-state index >= 15 is 0 Å². The maximum Gasteiger partial charge on any atom is 0.183 e. The topological polar surface area (TPSA) is 55.1 Å². The number of hydrogen-bond donors (Lipinski definition) is 1. The van der Waals surface area contributed by atoms with Crippen molar-refractivity contribution in [2.75, 3.05) is 13.1 Å². The second-order valence-electron chi connectivity index (χ2n) is 5.02. The molecule has 1 saturated heterocycles. The van der Waals surface area contributed by atoms with Gasteiger partial charge in [-0.05, 0) is 37.6 Å². The number of fused-ring (bicyclic) bond motifs is 3. The van der Waals surface area contributed by atoms with Gasteiger partial charge in [-0.3, -0.25) is 0 Å². The fourth-order valence-electron chi connectivity index (χ4n) is 2.88. The molecule has 3 aromatic rings. The third-order valence-corrected chi connectivity index (χ3v) is 3.82. The Morgan fingerprint density at radius 1 is 1.21 bits per heavy atom. The van der Waals surface area contributed by atoms with Crippen molar-refractivity contribution in [1.29, 1.82) is 0 Å². The molecule has 0 radical (unpaired) electrons. The lowest BCUT2D eigenvalue weighted by molar-refractivity contribution is 0.448. The van der Waals surface area contributed by atoms with Gasteiger partial charge in [0.25, 0.3) is 0 Å². The van der Waals surface area contributed by atoms with Crippen LogP contribution in [0.2, 0.25) is 0 Å². The number of aromatic nitrogens is 4. The quantitative estimate of drug-likeness (QED) is 0.717. The molecule has 3 aromatic heterocycles. The molecule has 0 amide bonds. The first kappa shape index (κ1) is 10.9. The van der Waals surface area contributed by atoms with Crippen LogP contribution in [-0.2, 0) is 0 Å². The second kappa shape index (κ2) is 4.28. The number of nitrogens with zero attached hydrogens (tertiary/aromatic N) is 4. The highest BCUT2D eigenvalue weighted by atomic mass is 15.3. The Morgan fingerprint density at radius 3 is 3.11 bits per heavy atom. The third-order valence-electron chi connectivity index (χ3n) is 3.82. The first-order valence-corrected chi connectivity index (χ1v) is 6.72. The minimum Gasteiger partial charge on any atom is -0.316 e. The third kappa shape index (κ3) is 1.69. The van der Waals surface area contributed by atoms with Crippen LogP contribution in [0.5, 0.6) is 0 Å². The summed E-state index contributed by atoms with van der Waals surface area (Å²) >= 11 is 0. The molecule has 0 saturated carbocycles. The highest BCUT2D eigenvalue weighted by molar-refractivity contribution is 5.89. The molecular weight excluding hydrogens is 238 g/mol. The highest BCUT2D eigenvalue weighted by Gasteiger charge is 2.19. The van der Waals surface area contributed by atoms with Crippen LogP contribution in [0.1, 0.15) is 24.5 Å². The summed E-state index contributed by atoms with van der Waals surface area (Å²) in [5.74, 6) is 0.508. The lowest BCUT2D eigenvalue weighted by atomic mass is 9.96. The standard InChI is InChI=1S/C14H15N5/c1-3-10(9-15-6-1)12-5-8-17-14-11-4-2-7-16-13(11)18-19(12)14/h2,4-5,7-8,10,15H,1,3,6,9H2. The summed E-state index contributed by atoms with van der Waals surface area (Å²) < 4.78 is 1.97. The first-order valence-electron chi connectivity index (χ1n) is 6.72.